The Bertz CT molecular complexity index is 532. The topological polar surface area (TPSA) is 38.8 Å². The maximum atomic E-state index is 12.1. The third kappa shape index (κ3) is 5.43. The first-order valence-corrected chi connectivity index (χ1v) is 9.08. The molecule has 4 heteroatoms. The average Bonchev–Trinajstić information content (AvgIpc) is 2.53. The van der Waals surface area contributed by atoms with E-state index in [1.807, 2.05) is 20.8 Å². The first-order valence-electron chi connectivity index (χ1n) is 9.08. The second-order valence-electron chi connectivity index (χ2n) is 7.48. The number of ether oxygens (including phenoxy) is 2. The van der Waals surface area contributed by atoms with Crippen LogP contribution in [0.5, 0.6) is 5.75 Å². The van der Waals surface area contributed by atoms with E-state index in [-0.39, 0.29) is 12.2 Å². The van der Waals surface area contributed by atoms with Gasteiger partial charge in [0.2, 0.25) is 0 Å². The van der Waals surface area contributed by atoms with Crippen molar-refractivity contribution in [2.45, 2.75) is 72.0 Å². The summed E-state index contributed by atoms with van der Waals surface area (Å²) in [4.78, 5) is 13.9. The van der Waals surface area contributed by atoms with Crippen molar-refractivity contribution >= 4 is 6.09 Å². The molecule has 1 heterocycles. The highest BCUT2D eigenvalue weighted by Crippen LogP contribution is 2.23. The van der Waals surface area contributed by atoms with Gasteiger partial charge in [0.05, 0.1) is 0 Å². The molecule has 0 atom stereocenters. The molecule has 24 heavy (non-hydrogen) atoms. The van der Waals surface area contributed by atoms with Gasteiger partial charge in [-0.15, -0.1) is 0 Å². The standard InChI is InChI=1S/C20H31NO3/c1-6-15-12-16(7-2)14-18(13-15)23-17-8-10-21(11-9-17)19(22)24-20(3,4)5/h12-14,17H,6-11H2,1-5H3. The van der Waals surface area contributed by atoms with E-state index >= 15 is 0 Å². The lowest BCUT2D eigenvalue weighted by Gasteiger charge is -2.33. The summed E-state index contributed by atoms with van der Waals surface area (Å²) in [7, 11) is 0. The molecule has 1 aromatic carbocycles. The van der Waals surface area contributed by atoms with Crippen LogP contribution in [0.4, 0.5) is 4.79 Å². The van der Waals surface area contributed by atoms with Crippen molar-refractivity contribution in [2.24, 2.45) is 0 Å². The molecular weight excluding hydrogens is 302 g/mol. The summed E-state index contributed by atoms with van der Waals surface area (Å²) in [6.45, 7) is 11.4. The monoisotopic (exact) mass is 333 g/mol. The molecule has 4 nitrogen and oxygen atoms in total. The lowest BCUT2D eigenvalue weighted by atomic mass is 10.1. The van der Waals surface area contributed by atoms with Crippen molar-refractivity contribution in [3.8, 4) is 5.75 Å². The molecule has 1 saturated heterocycles. The Kier molecular flexibility index (Phi) is 6.14. The number of likely N-dealkylation sites (tertiary alicyclic amines) is 1. The summed E-state index contributed by atoms with van der Waals surface area (Å²) >= 11 is 0. The number of benzene rings is 1. The third-order valence-corrected chi connectivity index (χ3v) is 4.24. The summed E-state index contributed by atoms with van der Waals surface area (Å²) in [5.74, 6) is 0.960. The van der Waals surface area contributed by atoms with Gasteiger partial charge in [0.25, 0.3) is 0 Å². The third-order valence-electron chi connectivity index (χ3n) is 4.24. The molecular formula is C20H31NO3. The maximum absolute atomic E-state index is 12.1. The fourth-order valence-corrected chi connectivity index (χ4v) is 2.88. The van der Waals surface area contributed by atoms with E-state index in [9.17, 15) is 4.79 Å². The highest BCUT2D eigenvalue weighted by Gasteiger charge is 2.27. The van der Waals surface area contributed by atoms with Crippen LogP contribution in [-0.2, 0) is 17.6 Å². The first kappa shape index (κ1) is 18.6. The summed E-state index contributed by atoms with van der Waals surface area (Å²) in [6, 6.07) is 6.52. The molecule has 0 spiro atoms. The Morgan fingerprint density at radius 2 is 1.62 bits per heavy atom. The quantitative estimate of drug-likeness (QED) is 0.809. The summed E-state index contributed by atoms with van der Waals surface area (Å²) in [5.41, 5.74) is 2.19. The molecule has 134 valence electrons. The van der Waals surface area contributed by atoms with Gasteiger partial charge >= 0.3 is 6.09 Å². The molecule has 1 fully saturated rings. The first-order chi connectivity index (χ1) is 11.3. The van der Waals surface area contributed by atoms with E-state index in [1.165, 1.54) is 11.1 Å². The molecule has 1 amide bonds. The van der Waals surface area contributed by atoms with Crippen LogP contribution < -0.4 is 4.74 Å². The molecule has 0 unspecified atom stereocenters. The number of amides is 1. The number of carbonyl (C=O) groups is 1. The Hall–Kier alpha value is -1.71. The average molecular weight is 333 g/mol. The molecule has 2 rings (SSSR count). The van der Waals surface area contributed by atoms with Crippen LogP contribution in [0.2, 0.25) is 0 Å². The summed E-state index contributed by atoms with van der Waals surface area (Å²) in [5, 5.41) is 0. The van der Waals surface area contributed by atoms with Crippen LogP contribution in [-0.4, -0.2) is 35.8 Å². The predicted octanol–water partition coefficient (Wildman–Crippen LogP) is 4.59. The number of aryl methyl sites for hydroxylation is 2. The molecule has 1 aliphatic heterocycles. The van der Waals surface area contributed by atoms with Gasteiger partial charge in [-0.2, -0.15) is 0 Å². The predicted molar refractivity (Wildman–Crippen MR) is 96.7 cm³/mol. The van der Waals surface area contributed by atoms with Gasteiger partial charge in [-0.25, -0.2) is 4.79 Å². The normalized spacial score (nSPS) is 16.1. The summed E-state index contributed by atoms with van der Waals surface area (Å²) < 4.78 is 11.6. The number of piperidine rings is 1. The van der Waals surface area contributed by atoms with Crippen molar-refractivity contribution < 1.29 is 14.3 Å². The molecule has 0 aliphatic carbocycles. The number of nitrogens with zero attached hydrogens (tertiary/aromatic N) is 1. The van der Waals surface area contributed by atoms with Gasteiger partial charge in [-0.3, -0.25) is 0 Å². The largest absolute Gasteiger partial charge is 0.490 e. The van der Waals surface area contributed by atoms with E-state index in [0.717, 1.165) is 31.4 Å². The Morgan fingerprint density at radius 3 is 2.08 bits per heavy atom. The van der Waals surface area contributed by atoms with Crippen LogP contribution in [0, 0.1) is 0 Å². The fourth-order valence-electron chi connectivity index (χ4n) is 2.88. The van der Waals surface area contributed by atoms with Gasteiger partial charge in [-0.05, 0) is 56.9 Å². The maximum Gasteiger partial charge on any atom is 0.410 e. The highest BCUT2D eigenvalue weighted by molar-refractivity contribution is 5.68. The number of hydrogen-bond acceptors (Lipinski definition) is 3. The molecule has 1 aliphatic rings. The Morgan fingerprint density at radius 1 is 1.08 bits per heavy atom. The molecule has 0 bridgehead atoms. The second-order valence-corrected chi connectivity index (χ2v) is 7.48. The minimum Gasteiger partial charge on any atom is -0.490 e. The number of carbonyl (C=O) groups excluding carboxylic acids is 1. The van der Waals surface area contributed by atoms with Crippen molar-refractivity contribution in [1.82, 2.24) is 4.90 Å². The second kappa shape index (κ2) is 7.91. The van der Waals surface area contributed by atoms with Gasteiger partial charge in [0.1, 0.15) is 17.5 Å². The van der Waals surface area contributed by atoms with E-state index in [0.29, 0.717) is 13.1 Å². The van der Waals surface area contributed by atoms with Crippen LogP contribution in [0.3, 0.4) is 0 Å². The van der Waals surface area contributed by atoms with E-state index in [4.69, 9.17) is 9.47 Å². The highest BCUT2D eigenvalue weighted by atomic mass is 16.6. The summed E-state index contributed by atoms with van der Waals surface area (Å²) in [6.07, 6.45) is 3.67. The zero-order valence-corrected chi connectivity index (χ0v) is 15.7. The van der Waals surface area contributed by atoms with Crippen LogP contribution in [0.25, 0.3) is 0 Å². The molecule has 1 aromatic rings. The van der Waals surface area contributed by atoms with Gasteiger partial charge in [0, 0.05) is 25.9 Å². The Labute approximate surface area is 146 Å². The SMILES string of the molecule is CCc1cc(CC)cc(OC2CCN(C(=O)OC(C)(C)C)CC2)c1. The van der Waals surface area contributed by atoms with E-state index in [2.05, 4.69) is 32.0 Å². The Balaban J connectivity index is 1.90. The van der Waals surface area contributed by atoms with Crippen molar-refractivity contribution in [2.75, 3.05) is 13.1 Å². The minimum absolute atomic E-state index is 0.167. The van der Waals surface area contributed by atoms with Gasteiger partial charge < -0.3 is 14.4 Å². The fraction of sp³-hybridized carbons (Fsp3) is 0.650. The van der Waals surface area contributed by atoms with Gasteiger partial charge in [0.15, 0.2) is 0 Å². The number of rotatable bonds is 4. The minimum atomic E-state index is -0.443. The van der Waals surface area contributed by atoms with Crippen LogP contribution in [0.15, 0.2) is 18.2 Å². The molecule has 0 N–H and O–H groups in total. The molecule has 0 aromatic heterocycles. The zero-order valence-electron chi connectivity index (χ0n) is 15.7. The molecule has 0 radical (unpaired) electrons. The van der Waals surface area contributed by atoms with Crippen LogP contribution in [0.1, 0.15) is 58.6 Å². The van der Waals surface area contributed by atoms with E-state index < -0.39 is 5.60 Å². The lowest BCUT2D eigenvalue weighted by molar-refractivity contribution is 0.0126. The van der Waals surface area contributed by atoms with Crippen molar-refractivity contribution in [3.63, 3.8) is 0 Å². The van der Waals surface area contributed by atoms with Crippen molar-refractivity contribution in [1.29, 1.82) is 0 Å². The lowest BCUT2D eigenvalue weighted by Crippen LogP contribution is -2.44. The van der Waals surface area contributed by atoms with E-state index in [1.54, 1.807) is 4.90 Å². The van der Waals surface area contributed by atoms with Crippen LogP contribution >= 0.6 is 0 Å². The molecule has 0 saturated carbocycles. The van der Waals surface area contributed by atoms with Gasteiger partial charge in [-0.1, -0.05) is 19.9 Å². The zero-order chi connectivity index (χ0) is 17.7. The smallest absolute Gasteiger partial charge is 0.410 e. The van der Waals surface area contributed by atoms with Crippen molar-refractivity contribution in [3.05, 3.63) is 29.3 Å². The number of hydrogen-bond donors (Lipinski definition) is 0.